The molecule has 3 atom stereocenters. The lowest BCUT2D eigenvalue weighted by Crippen LogP contribution is -2.54. The number of ether oxygens (including phenoxy) is 1. The molecule has 3 aromatic rings. The molecule has 0 spiro atoms. The van der Waals surface area contributed by atoms with E-state index in [9.17, 15) is 42.7 Å². The summed E-state index contributed by atoms with van der Waals surface area (Å²) >= 11 is 1.27. The normalized spacial score (nSPS) is 13.9. The average Bonchev–Trinajstić information content (AvgIpc) is 3.87. The Kier molecular flexibility index (Phi) is 23.1. The monoisotopic (exact) mass is 1050 g/mol. The highest BCUT2D eigenvalue weighted by atomic mass is 32.2. The van der Waals surface area contributed by atoms with Gasteiger partial charge in [0, 0.05) is 86.5 Å². The topological polar surface area (TPSA) is 205 Å². The molecule has 19 heteroatoms. The van der Waals surface area contributed by atoms with E-state index in [0.717, 1.165) is 28.7 Å². The fraction of sp³-hybridized carbons (Fsp3) is 0.527. The van der Waals surface area contributed by atoms with E-state index < -0.39 is 58.6 Å². The van der Waals surface area contributed by atoms with Gasteiger partial charge in [-0.2, -0.15) is 11.8 Å². The minimum atomic E-state index is -0.986. The van der Waals surface area contributed by atoms with E-state index in [1.807, 2.05) is 55.7 Å². The second-order valence-corrected chi connectivity index (χ2v) is 22.0. The number of benzene rings is 2. The van der Waals surface area contributed by atoms with Gasteiger partial charge in [-0.25, -0.2) is 8.78 Å². The van der Waals surface area contributed by atoms with E-state index in [2.05, 4.69) is 21.3 Å². The fourth-order valence-corrected chi connectivity index (χ4v) is 9.16. The number of nitrogens with one attached hydrogen (secondary N) is 4. The van der Waals surface area contributed by atoms with Crippen molar-refractivity contribution in [3.8, 4) is 11.1 Å². The van der Waals surface area contributed by atoms with Gasteiger partial charge in [-0.05, 0) is 88.1 Å². The third-order valence-corrected chi connectivity index (χ3v) is 12.9. The molecule has 1 aromatic heterocycles. The summed E-state index contributed by atoms with van der Waals surface area (Å²) in [4.78, 5) is 106. The number of unbranched alkanes of at least 4 members (excludes halogenated alkanes) is 2. The quantitative estimate of drug-likeness (QED) is 0.0333. The molecule has 1 aliphatic heterocycles. The molecule has 0 aliphatic carbocycles. The van der Waals surface area contributed by atoms with E-state index in [1.54, 1.807) is 51.8 Å². The van der Waals surface area contributed by atoms with Crippen molar-refractivity contribution in [1.82, 2.24) is 35.6 Å². The van der Waals surface area contributed by atoms with Crippen LogP contribution >= 0.6 is 11.8 Å². The lowest BCUT2D eigenvalue weighted by Gasteiger charge is -2.41. The van der Waals surface area contributed by atoms with Crippen LogP contribution in [0.1, 0.15) is 125 Å². The first kappa shape index (κ1) is 60.2. The molecule has 4 N–H and O–H groups in total. The highest BCUT2D eigenvalue weighted by Crippen LogP contribution is 2.41. The highest BCUT2D eigenvalue weighted by molar-refractivity contribution is 7.99. The van der Waals surface area contributed by atoms with Crippen LogP contribution in [0.2, 0.25) is 0 Å². The molecule has 2 heterocycles. The van der Waals surface area contributed by atoms with E-state index in [0.29, 0.717) is 42.8 Å². The molecule has 0 fully saturated rings. The maximum atomic E-state index is 15.4. The number of nitrogens with zero attached hydrogens (tertiary/aromatic N) is 3. The molecular formula is C55H75F2N7O9S. The average molecular weight is 1050 g/mol. The van der Waals surface area contributed by atoms with E-state index in [-0.39, 0.29) is 98.6 Å². The number of carbonyl (C=O) groups excluding carboxylic acids is 8. The predicted molar refractivity (Wildman–Crippen MR) is 281 cm³/mol. The highest BCUT2D eigenvalue weighted by Gasteiger charge is 2.37. The maximum Gasteiger partial charge on any atom is 0.308 e. The van der Waals surface area contributed by atoms with Crippen LogP contribution < -0.4 is 21.3 Å². The van der Waals surface area contributed by atoms with Crippen LogP contribution in [0.25, 0.3) is 11.1 Å². The zero-order valence-corrected chi connectivity index (χ0v) is 45.1. The van der Waals surface area contributed by atoms with Crippen molar-refractivity contribution in [3.63, 3.8) is 0 Å². The Morgan fingerprint density at radius 3 is 2.09 bits per heavy atom. The summed E-state index contributed by atoms with van der Waals surface area (Å²) in [5.41, 5.74) is 0.801. The molecule has 0 saturated heterocycles. The van der Waals surface area contributed by atoms with Gasteiger partial charge < -0.3 is 35.5 Å². The van der Waals surface area contributed by atoms with Gasteiger partial charge in [0.2, 0.25) is 29.5 Å². The van der Waals surface area contributed by atoms with Crippen molar-refractivity contribution in [2.24, 2.45) is 11.3 Å². The van der Waals surface area contributed by atoms with E-state index in [1.165, 1.54) is 30.8 Å². The molecule has 74 heavy (non-hydrogen) atoms. The fourth-order valence-electron chi connectivity index (χ4n) is 8.35. The first-order valence-corrected chi connectivity index (χ1v) is 26.5. The molecule has 404 valence electrons. The Morgan fingerprint density at radius 1 is 0.757 bits per heavy atom. The van der Waals surface area contributed by atoms with Gasteiger partial charge in [-0.1, -0.05) is 71.4 Å². The van der Waals surface area contributed by atoms with Crippen molar-refractivity contribution in [2.75, 3.05) is 37.7 Å². The molecule has 7 amide bonds. The predicted octanol–water partition coefficient (Wildman–Crippen LogP) is 7.01. The van der Waals surface area contributed by atoms with Gasteiger partial charge in [0.05, 0.1) is 18.2 Å². The first-order valence-electron chi connectivity index (χ1n) is 25.3. The van der Waals surface area contributed by atoms with Gasteiger partial charge in [0.15, 0.2) is 0 Å². The summed E-state index contributed by atoms with van der Waals surface area (Å²) in [7, 11) is 0. The zero-order valence-electron chi connectivity index (χ0n) is 44.3. The standard InChI is InChI=1S/C55H75F2N7O9S/c1-36(2)50(61-45(66)19-14-11-15-28-63-46(67)22-23-47(63)68)53(72)60-37(3)52(71)59-26-16-29-64(48(69)35-74-30-25-44(65)58-27-24-49(70)73-55(7,8)9)51(54(4,5)6)43-31-39(41-32-40(56)20-21-42(41)57)34-62(43)33-38-17-12-10-13-18-38/h10,12-13,17-18,20-23,31-32,34,36-37,50-51H,11,14-16,19,24-30,33,35H2,1-9H3,(H,58,65)(H,59,71)(H,60,72)(H,61,66)/t37-,50-,51-/m0/s1. The molecule has 1 aliphatic rings. The molecule has 0 unspecified atom stereocenters. The van der Waals surface area contributed by atoms with Gasteiger partial charge in [0.25, 0.3) is 11.8 Å². The second kappa shape index (κ2) is 28.3. The lowest BCUT2D eigenvalue weighted by atomic mass is 9.83. The molecule has 2 aromatic carbocycles. The number of aromatic nitrogens is 1. The van der Waals surface area contributed by atoms with Gasteiger partial charge in [-0.3, -0.25) is 43.3 Å². The number of carbonyl (C=O) groups is 8. The minimum absolute atomic E-state index is 0.00743. The Labute approximate surface area is 438 Å². The lowest BCUT2D eigenvalue weighted by molar-refractivity contribution is -0.154. The number of halogens is 2. The van der Waals surface area contributed by atoms with Crippen molar-refractivity contribution >= 4 is 59.1 Å². The molecule has 0 bridgehead atoms. The number of hydrogen-bond acceptors (Lipinski definition) is 10. The summed E-state index contributed by atoms with van der Waals surface area (Å²) in [6.45, 7) is 17.3. The summed E-state index contributed by atoms with van der Waals surface area (Å²) in [5, 5.41) is 11.1. The van der Waals surface area contributed by atoms with Gasteiger partial charge >= 0.3 is 5.97 Å². The second-order valence-electron chi connectivity index (χ2n) is 20.9. The molecule has 0 saturated carbocycles. The van der Waals surface area contributed by atoms with Crippen LogP contribution in [0.5, 0.6) is 0 Å². The van der Waals surface area contributed by atoms with Crippen LogP contribution in [0.3, 0.4) is 0 Å². The van der Waals surface area contributed by atoms with Crippen molar-refractivity contribution in [1.29, 1.82) is 0 Å². The van der Waals surface area contributed by atoms with Gasteiger partial charge in [-0.15, -0.1) is 0 Å². The Balaban J connectivity index is 1.46. The van der Waals surface area contributed by atoms with Crippen LogP contribution in [-0.4, -0.2) is 117 Å². The van der Waals surface area contributed by atoms with Crippen LogP contribution in [-0.2, 0) is 49.6 Å². The summed E-state index contributed by atoms with van der Waals surface area (Å²) < 4.78 is 37.3. The molecular weight excluding hydrogens is 973 g/mol. The van der Waals surface area contributed by atoms with E-state index in [4.69, 9.17) is 4.74 Å². The van der Waals surface area contributed by atoms with Crippen molar-refractivity contribution in [3.05, 3.63) is 95.8 Å². The third-order valence-electron chi connectivity index (χ3n) is 11.9. The van der Waals surface area contributed by atoms with Crippen molar-refractivity contribution in [2.45, 2.75) is 138 Å². The Morgan fingerprint density at radius 2 is 1.45 bits per heavy atom. The first-order chi connectivity index (χ1) is 34.8. The van der Waals surface area contributed by atoms with Crippen molar-refractivity contribution < 1.29 is 51.9 Å². The maximum absolute atomic E-state index is 15.4. The molecule has 0 radical (unpaired) electrons. The molecule has 4 rings (SSSR count). The van der Waals surface area contributed by atoms with Gasteiger partial charge in [0.1, 0.15) is 29.3 Å². The Bertz CT molecular complexity index is 2450. The number of imide groups is 1. The largest absolute Gasteiger partial charge is 0.460 e. The SMILES string of the molecule is CC(C)[C@H](NC(=O)CCCCCN1C(=O)C=CC1=O)C(=O)N[C@@H](C)C(=O)NCCCN(C(=O)CSCCC(=O)NCCC(=O)OC(C)(C)C)[C@@H](c1cc(-c2cc(F)ccc2F)cn1Cc1ccccc1)C(C)(C)C. The minimum Gasteiger partial charge on any atom is -0.460 e. The van der Waals surface area contributed by atoms with E-state index >= 15 is 4.39 Å². The Hall–Kier alpha value is -6.37. The summed E-state index contributed by atoms with van der Waals surface area (Å²) in [6, 6.07) is 12.1. The number of esters is 1. The smallest absolute Gasteiger partial charge is 0.308 e. The number of thioether (sulfide) groups is 1. The number of amides is 7. The third kappa shape index (κ3) is 19.5. The molecule has 16 nitrogen and oxygen atoms in total. The summed E-state index contributed by atoms with van der Waals surface area (Å²) in [6.07, 6.45) is 6.33. The van der Waals surface area contributed by atoms with Crippen LogP contribution in [0.15, 0.2) is 72.9 Å². The number of hydrogen-bond donors (Lipinski definition) is 4. The summed E-state index contributed by atoms with van der Waals surface area (Å²) in [5.74, 6) is -4.28. The van der Waals surface area contributed by atoms with Crippen LogP contribution in [0.4, 0.5) is 8.78 Å². The number of rotatable bonds is 28. The van der Waals surface area contributed by atoms with Crippen LogP contribution in [0, 0.1) is 23.0 Å². The zero-order chi connectivity index (χ0) is 54.8.